The highest BCUT2D eigenvalue weighted by atomic mass is 16.3. The van der Waals surface area contributed by atoms with Crippen LogP contribution in [0.25, 0.3) is 10.8 Å². The molecule has 0 fully saturated rings. The Balaban J connectivity index is 2.15. The minimum atomic E-state index is -0.657. The lowest BCUT2D eigenvalue weighted by Gasteiger charge is -2.11. The molecule has 0 aliphatic carbocycles. The molecule has 3 rings (SSSR count). The van der Waals surface area contributed by atoms with E-state index < -0.39 is 5.91 Å². The van der Waals surface area contributed by atoms with Crippen LogP contribution >= 0.6 is 0 Å². The van der Waals surface area contributed by atoms with Crippen molar-refractivity contribution < 1.29 is 14.7 Å². The number of fused-ring (bicyclic) bond motifs is 1. The van der Waals surface area contributed by atoms with Gasteiger partial charge in [-0.1, -0.05) is 30.3 Å². The van der Waals surface area contributed by atoms with Crippen LogP contribution in [-0.2, 0) is 0 Å². The number of para-hydroxylation sites is 1. The molecule has 0 aliphatic heterocycles. The predicted molar refractivity (Wildman–Crippen MR) is 88.5 cm³/mol. The Bertz CT molecular complexity index is 905. The SMILES string of the molecule is NC(=O)c1cccc2c(O)ccc(C(=O)Nc3ccccc3)c12. The molecule has 5 nitrogen and oxygen atoms in total. The topological polar surface area (TPSA) is 92.4 Å². The molecule has 0 aliphatic rings. The zero-order valence-electron chi connectivity index (χ0n) is 12.1. The van der Waals surface area contributed by atoms with Crippen LogP contribution in [0.15, 0.2) is 60.7 Å². The average molecular weight is 306 g/mol. The van der Waals surface area contributed by atoms with Crippen LogP contribution in [0.3, 0.4) is 0 Å². The van der Waals surface area contributed by atoms with Crippen molar-refractivity contribution in [3.8, 4) is 5.75 Å². The maximum absolute atomic E-state index is 12.6. The Morgan fingerprint density at radius 2 is 1.61 bits per heavy atom. The van der Waals surface area contributed by atoms with Gasteiger partial charge in [-0.2, -0.15) is 0 Å². The third kappa shape index (κ3) is 2.72. The lowest BCUT2D eigenvalue weighted by Crippen LogP contribution is -2.16. The molecular weight excluding hydrogens is 292 g/mol. The van der Waals surface area contributed by atoms with Gasteiger partial charge in [-0.15, -0.1) is 0 Å². The highest BCUT2D eigenvalue weighted by molar-refractivity contribution is 6.19. The normalized spacial score (nSPS) is 10.4. The summed E-state index contributed by atoms with van der Waals surface area (Å²) in [7, 11) is 0. The number of nitrogens with one attached hydrogen (secondary N) is 1. The molecule has 0 saturated carbocycles. The van der Waals surface area contributed by atoms with E-state index >= 15 is 0 Å². The maximum Gasteiger partial charge on any atom is 0.256 e. The smallest absolute Gasteiger partial charge is 0.256 e. The molecule has 0 spiro atoms. The van der Waals surface area contributed by atoms with Gasteiger partial charge < -0.3 is 16.2 Å². The molecule has 4 N–H and O–H groups in total. The van der Waals surface area contributed by atoms with Gasteiger partial charge >= 0.3 is 0 Å². The number of hydrogen-bond donors (Lipinski definition) is 3. The molecule has 0 unspecified atom stereocenters. The predicted octanol–water partition coefficient (Wildman–Crippen LogP) is 2.90. The van der Waals surface area contributed by atoms with Gasteiger partial charge in [-0.3, -0.25) is 9.59 Å². The Morgan fingerprint density at radius 1 is 0.870 bits per heavy atom. The minimum Gasteiger partial charge on any atom is -0.507 e. The second-order valence-electron chi connectivity index (χ2n) is 5.04. The molecule has 2 amide bonds. The van der Waals surface area contributed by atoms with E-state index in [1.807, 2.05) is 6.07 Å². The highest BCUT2D eigenvalue weighted by Gasteiger charge is 2.17. The minimum absolute atomic E-state index is 0.0145. The second kappa shape index (κ2) is 5.81. The quantitative estimate of drug-likeness (QED) is 0.694. The van der Waals surface area contributed by atoms with Gasteiger partial charge in [-0.05, 0) is 30.3 Å². The fourth-order valence-electron chi connectivity index (χ4n) is 2.51. The zero-order chi connectivity index (χ0) is 16.4. The first-order valence-corrected chi connectivity index (χ1v) is 6.99. The molecule has 23 heavy (non-hydrogen) atoms. The van der Waals surface area contributed by atoms with Crippen LogP contribution in [0.2, 0.25) is 0 Å². The number of benzene rings is 3. The molecule has 5 heteroatoms. The fourth-order valence-corrected chi connectivity index (χ4v) is 2.51. The molecule has 114 valence electrons. The summed E-state index contributed by atoms with van der Waals surface area (Å²) in [4.78, 5) is 24.2. The van der Waals surface area contributed by atoms with E-state index in [-0.39, 0.29) is 22.8 Å². The molecule has 0 bridgehead atoms. The zero-order valence-corrected chi connectivity index (χ0v) is 12.1. The van der Waals surface area contributed by atoms with Crippen LogP contribution in [0.1, 0.15) is 20.7 Å². The number of amides is 2. The monoisotopic (exact) mass is 306 g/mol. The van der Waals surface area contributed by atoms with Crippen molar-refractivity contribution in [1.29, 1.82) is 0 Å². The van der Waals surface area contributed by atoms with Crippen molar-refractivity contribution in [2.75, 3.05) is 5.32 Å². The second-order valence-corrected chi connectivity index (χ2v) is 5.04. The molecule has 0 atom stereocenters. The Kier molecular flexibility index (Phi) is 3.68. The van der Waals surface area contributed by atoms with Crippen molar-refractivity contribution >= 4 is 28.3 Å². The van der Waals surface area contributed by atoms with Crippen LogP contribution in [0, 0.1) is 0 Å². The Morgan fingerprint density at radius 3 is 2.30 bits per heavy atom. The van der Waals surface area contributed by atoms with E-state index in [4.69, 9.17) is 5.73 Å². The summed E-state index contributed by atoms with van der Waals surface area (Å²) in [5.41, 5.74) is 6.50. The highest BCUT2D eigenvalue weighted by Crippen LogP contribution is 2.30. The number of anilines is 1. The van der Waals surface area contributed by atoms with Gasteiger partial charge in [0.25, 0.3) is 5.91 Å². The van der Waals surface area contributed by atoms with Crippen LogP contribution < -0.4 is 11.1 Å². The molecular formula is C18H14N2O3. The molecule has 0 aromatic heterocycles. The first kappa shape index (κ1) is 14.6. The van der Waals surface area contributed by atoms with Crippen molar-refractivity contribution in [1.82, 2.24) is 0 Å². The van der Waals surface area contributed by atoms with E-state index in [2.05, 4.69) is 5.32 Å². The van der Waals surface area contributed by atoms with Crippen LogP contribution in [0.4, 0.5) is 5.69 Å². The number of carbonyl (C=O) groups is 2. The lowest BCUT2D eigenvalue weighted by molar-refractivity contribution is 0.100. The summed E-state index contributed by atoms with van der Waals surface area (Å²) in [6.45, 7) is 0. The van der Waals surface area contributed by atoms with Crippen molar-refractivity contribution in [2.24, 2.45) is 5.73 Å². The standard InChI is InChI=1S/C18H14N2O3/c19-17(22)13-8-4-7-12-15(21)10-9-14(16(12)13)18(23)20-11-5-2-1-3-6-11/h1-10,21H,(H2,19,22)(H,20,23). The number of phenolic OH excluding ortho intramolecular Hbond substituents is 1. The molecule has 0 saturated heterocycles. The van der Waals surface area contributed by atoms with Gasteiger partial charge in [-0.25, -0.2) is 0 Å². The van der Waals surface area contributed by atoms with Gasteiger partial charge in [0.2, 0.25) is 5.91 Å². The Hall–Kier alpha value is -3.34. The summed E-state index contributed by atoms with van der Waals surface area (Å²) in [5.74, 6) is -1.05. The van der Waals surface area contributed by atoms with Crippen molar-refractivity contribution in [3.63, 3.8) is 0 Å². The summed E-state index contributed by atoms with van der Waals surface area (Å²) < 4.78 is 0. The number of phenols is 1. The fraction of sp³-hybridized carbons (Fsp3) is 0. The van der Waals surface area contributed by atoms with E-state index in [9.17, 15) is 14.7 Å². The largest absolute Gasteiger partial charge is 0.507 e. The van der Waals surface area contributed by atoms with E-state index in [1.54, 1.807) is 36.4 Å². The van der Waals surface area contributed by atoms with E-state index in [0.717, 1.165) is 0 Å². The first-order chi connectivity index (χ1) is 11.1. The summed E-state index contributed by atoms with van der Waals surface area (Å²) in [6, 6.07) is 16.6. The number of rotatable bonds is 3. The first-order valence-electron chi connectivity index (χ1n) is 6.99. The van der Waals surface area contributed by atoms with Crippen molar-refractivity contribution in [2.45, 2.75) is 0 Å². The van der Waals surface area contributed by atoms with Crippen LogP contribution in [0.5, 0.6) is 5.75 Å². The summed E-state index contributed by atoms with van der Waals surface area (Å²) in [6.07, 6.45) is 0. The van der Waals surface area contributed by atoms with Gasteiger partial charge in [0.15, 0.2) is 0 Å². The summed E-state index contributed by atoms with van der Waals surface area (Å²) >= 11 is 0. The van der Waals surface area contributed by atoms with Crippen molar-refractivity contribution in [3.05, 3.63) is 71.8 Å². The third-order valence-electron chi connectivity index (χ3n) is 3.56. The number of hydrogen-bond acceptors (Lipinski definition) is 3. The molecule has 3 aromatic rings. The van der Waals surface area contributed by atoms with E-state index in [1.165, 1.54) is 18.2 Å². The average Bonchev–Trinajstić information content (AvgIpc) is 2.55. The maximum atomic E-state index is 12.6. The number of carbonyl (C=O) groups excluding carboxylic acids is 2. The van der Waals surface area contributed by atoms with E-state index in [0.29, 0.717) is 16.5 Å². The van der Waals surface area contributed by atoms with Crippen LogP contribution in [-0.4, -0.2) is 16.9 Å². The lowest BCUT2D eigenvalue weighted by atomic mass is 9.97. The number of nitrogens with two attached hydrogens (primary N) is 1. The Labute approximate surface area is 132 Å². The molecule has 3 aromatic carbocycles. The number of aromatic hydroxyl groups is 1. The van der Waals surface area contributed by atoms with Gasteiger partial charge in [0, 0.05) is 27.6 Å². The van der Waals surface area contributed by atoms with Gasteiger partial charge in [0.05, 0.1) is 0 Å². The summed E-state index contributed by atoms with van der Waals surface area (Å²) in [5, 5.41) is 13.5. The van der Waals surface area contributed by atoms with Gasteiger partial charge in [0.1, 0.15) is 5.75 Å². The molecule has 0 heterocycles. The third-order valence-corrected chi connectivity index (χ3v) is 3.56. The molecule has 0 radical (unpaired) electrons. The number of primary amides is 1.